The number of nitrogens with one attached hydrogen (secondary N) is 1. The highest BCUT2D eigenvalue weighted by Gasteiger charge is 2.26. The Morgan fingerprint density at radius 1 is 1.32 bits per heavy atom. The van der Waals surface area contributed by atoms with E-state index in [4.69, 9.17) is 0 Å². The van der Waals surface area contributed by atoms with Crippen LogP contribution in [0.4, 0.5) is 5.69 Å². The van der Waals surface area contributed by atoms with Crippen LogP contribution < -0.4 is 4.72 Å². The molecule has 1 aliphatic rings. The van der Waals surface area contributed by atoms with Crippen LogP contribution in [0.1, 0.15) is 35.9 Å². The number of benzene rings is 1. The summed E-state index contributed by atoms with van der Waals surface area (Å²) in [5, 5.41) is 10.8. The molecule has 0 saturated carbocycles. The van der Waals surface area contributed by atoms with Gasteiger partial charge in [-0.15, -0.1) is 11.3 Å². The standard InChI is InChI=1S/C19H22N4O3S2/c1-12(13-3-4-19-17(7-13)21-11-27-19)23-6-5-16-15(18(24)10-23)8-14(9-20-16)22-28(2,25)26/h3-4,7-9,11-12,18,22,24H,5-6,10H2,1-2H3. The summed E-state index contributed by atoms with van der Waals surface area (Å²) in [4.78, 5) is 11.0. The van der Waals surface area contributed by atoms with Gasteiger partial charge in [-0.2, -0.15) is 0 Å². The molecule has 2 N–H and O–H groups in total. The highest BCUT2D eigenvalue weighted by Crippen LogP contribution is 2.31. The third kappa shape index (κ3) is 4.02. The third-order valence-corrected chi connectivity index (χ3v) is 6.51. The Kier molecular flexibility index (Phi) is 5.09. The first-order valence-corrected chi connectivity index (χ1v) is 11.8. The van der Waals surface area contributed by atoms with Gasteiger partial charge < -0.3 is 5.11 Å². The second-order valence-corrected chi connectivity index (χ2v) is 9.79. The lowest BCUT2D eigenvalue weighted by molar-refractivity contribution is 0.0985. The van der Waals surface area contributed by atoms with Crippen molar-refractivity contribution in [1.29, 1.82) is 0 Å². The number of aliphatic hydroxyl groups excluding tert-OH is 1. The number of thiazole rings is 1. The van der Waals surface area contributed by atoms with Crippen molar-refractivity contribution in [3.05, 3.63) is 52.8 Å². The van der Waals surface area contributed by atoms with Crippen LogP contribution in [0.15, 0.2) is 36.0 Å². The highest BCUT2D eigenvalue weighted by atomic mass is 32.2. The average molecular weight is 419 g/mol. The first-order valence-electron chi connectivity index (χ1n) is 9.02. The molecule has 2 aromatic heterocycles. The normalized spacial score (nSPS) is 19.2. The zero-order chi connectivity index (χ0) is 19.9. The van der Waals surface area contributed by atoms with E-state index in [-0.39, 0.29) is 6.04 Å². The average Bonchev–Trinajstić information content (AvgIpc) is 3.04. The second kappa shape index (κ2) is 7.40. The first kappa shape index (κ1) is 19.3. The van der Waals surface area contributed by atoms with Crippen molar-refractivity contribution in [1.82, 2.24) is 14.9 Å². The van der Waals surface area contributed by atoms with E-state index in [0.717, 1.165) is 34.3 Å². The number of sulfonamides is 1. The molecular weight excluding hydrogens is 396 g/mol. The number of nitrogens with zero attached hydrogens (tertiary/aromatic N) is 3. The molecule has 1 aliphatic heterocycles. The van der Waals surface area contributed by atoms with Crippen LogP contribution in [0.2, 0.25) is 0 Å². The number of anilines is 1. The molecule has 0 amide bonds. The van der Waals surface area contributed by atoms with Crippen molar-refractivity contribution >= 4 is 37.3 Å². The van der Waals surface area contributed by atoms with E-state index in [9.17, 15) is 13.5 Å². The van der Waals surface area contributed by atoms with Gasteiger partial charge >= 0.3 is 0 Å². The quantitative estimate of drug-likeness (QED) is 0.676. The van der Waals surface area contributed by atoms with E-state index in [2.05, 4.69) is 44.7 Å². The predicted octanol–water partition coefficient (Wildman–Crippen LogP) is 2.72. The molecule has 4 rings (SSSR count). The summed E-state index contributed by atoms with van der Waals surface area (Å²) < 4.78 is 26.5. The number of fused-ring (bicyclic) bond motifs is 2. The number of aliphatic hydroxyl groups is 1. The zero-order valence-corrected chi connectivity index (χ0v) is 17.3. The highest BCUT2D eigenvalue weighted by molar-refractivity contribution is 7.92. The fourth-order valence-corrected chi connectivity index (χ4v) is 4.83. The largest absolute Gasteiger partial charge is 0.387 e. The van der Waals surface area contributed by atoms with Gasteiger partial charge in [0, 0.05) is 36.8 Å². The van der Waals surface area contributed by atoms with Gasteiger partial charge in [-0.1, -0.05) is 6.07 Å². The zero-order valence-electron chi connectivity index (χ0n) is 15.7. The summed E-state index contributed by atoms with van der Waals surface area (Å²) >= 11 is 1.62. The van der Waals surface area contributed by atoms with Gasteiger partial charge in [0.05, 0.1) is 40.0 Å². The lowest BCUT2D eigenvalue weighted by Crippen LogP contribution is -2.31. The maximum atomic E-state index is 11.5. The third-order valence-electron chi connectivity index (χ3n) is 5.09. The minimum absolute atomic E-state index is 0.115. The minimum Gasteiger partial charge on any atom is -0.387 e. The Labute approximate surface area is 168 Å². The second-order valence-electron chi connectivity index (χ2n) is 7.15. The molecule has 0 aliphatic carbocycles. The topological polar surface area (TPSA) is 95.4 Å². The van der Waals surface area contributed by atoms with Crippen molar-refractivity contribution in [3.8, 4) is 0 Å². The molecule has 0 fully saturated rings. The maximum absolute atomic E-state index is 11.5. The Morgan fingerprint density at radius 2 is 2.14 bits per heavy atom. The molecule has 0 saturated heterocycles. The molecule has 0 radical (unpaired) electrons. The molecule has 0 bridgehead atoms. The van der Waals surface area contributed by atoms with Crippen molar-refractivity contribution in [2.75, 3.05) is 24.1 Å². The van der Waals surface area contributed by atoms with E-state index in [1.54, 1.807) is 17.4 Å². The van der Waals surface area contributed by atoms with Crippen LogP contribution in [0, 0.1) is 0 Å². The van der Waals surface area contributed by atoms with Crippen LogP contribution in [0.25, 0.3) is 10.2 Å². The van der Waals surface area contributed by atoms with E-state index in [1.165, 1.54) is 6.20 Å². The molecule has 148 valence electrons. The summed E-state index contributed by atoms with van der Waals surface area (Å²) in [5.41, 5.74) is 5.85. The number of hydrogen-bond donors (Lipinski definition) is 2. The minimum atomic E-state index is -3.39. The molecule has 0 spiro atoms. The van der Waals surface area contributed by atoms with Crippen molar-refractivity contribution in [2.45, 2.75) is 25.5 Å². The summed E-state index contributed by atoms with van der Waals surface area (Å²) in [6, 6.07) is 8.11. The van der Waals surface area contributed by atoms with Gasteiger partial charge in [-0.25, -0.2) is 13.4 Å². The van der Waals surface area contributed by atoms with Crippen molar-refractivity contribution < 1.29 is 13.5 Å². The van der Waals surface area contributed by atoms with Gasteiger partial charge in [0.15, 0.2) is 0 Å². The maximum Gasteiger partial charge on any atom is 0.229 e. The molecule has 3 aromatic rings. The lowest BCUT2D eigenvalue weighted by Gasteiger charge is -2.29. The van der Waals surface area contributed by atoms with Gasteiger partial charge in [0.25, 0.3) is 0 Å². The molecular formula is C19H22N4O3S2. The molecule has 7 nitrogen and oxygen atoms in total. The number of rotatable bonds is 4. The number of aromatic nitrogens is 2. The SMILES string of the molecule is CC(c1ccc2scnc2c1)N1CCc2ncc(NS(C)(=O)=O)cc2C(O)C1. The fraction of sp³-hybridized carbons (Fsp3) is 0.368. The van der Waals surface area contributed by atoms with Crippen LogP contribution >= 0.6 is 11.3 Å². The predicted molar refractivity (Wildman–Crippen MR) is 111 cm³/mol. The van der Waals surface area contributed by atoms with E-state index in [0.29, 0.717) is 24.2 Å². The summed E-state index contributed by atoms with van der Waals surface area (Å²) in [6.07, 6.45) is 2.55. The van der Waals surface area contributed by atoms with E-state index >= 15 is 0 Å². The van der Waals surface area contributed by atoms with Gasteiger partial charge in [0.2, 0.25) is 10.0 Å². The van der Waals surface area contributed by atoms with Crippen LogP contribution in [-0.4, -0.2) is 47.7 Å². The van der Waals surface area contributed by atoms with Gasteiger partial charge in [-0.3, -0.25) is 14.6 Å². The molecule has 9 heteroatoms. The van der Waals surface area contributed by atoms with Gasteiger partial charge in [0.1, 0.15) is 0 Å². The number of β-amino-alcohol motifs (C(OH)–C–C–N with tert-alkyl or cyclic N) is 1. The monoisotopic (exact) mass is 418 g/mol. The van der Waals surface area contributed by atoms with Gasteiger partial charge in [-0.05, 0) is 30.7 Å². The number of pyridine rings is 1. The molecule has 3 heterocycles. The summed E-state index contributed by atoms with van der Waals surface area (Å²) in [7, 11) is -3.39. The Hall–Kier alpha value is -2.07. The Balaban J connectivity index is 1.57. The van der Waals surface area contributed by atoms with Crippen LogP contribution in [-0.2, 0) is 16.4 Å². The fourth-order valence-electron chi connectivity index (χ4n) is 3.64. The number of hydrogen-bond acceptors (Lipinski definition) is 7. The summed E-state index contributed by atoms with van der Waals surface area (Å²) in [6.45, 7) is 3.33. The molecule has 1 aromatic carbocycles. The smallest absolute Gasteiger partial charge is 0.229 e. The molecule has 2 atom stereocenters. The Morgan fingerprint density at radius 3 is 2.93 bits per heavy atom. The van der Waals surface area contributed by atoms with Crippen molar-refractivity contribution in [3.63, 3.8) is 0 Å². The molecule has 2 unspecified atom stereocenters. The lowest BCUT2D eigenvalue weighted by atomic mass is 10.1. The first-order chi connectivity index (χ1) is 13.3. The van der Waals surface area contributed by atoms with Crippen molar-refractivity contribution in [2.24, 2.45) is 0 Å². The van der Waals surface area contributed by atoms with E-state index in [1.807, 2.05) is 5.51 Å². The van der Waals surface area contributed by atoms with Crippen LogP contribution in [0.5, 0.6) is 0 Å². The molecule has 28 heavy (non-hydrogen) atoms. The Bertz CT molecular complexity index is 1110. The summed E-state index contributed by atoms with van der Waals surface area (Å²) in [5.74, 6) is 0. The van der Waals surface area contributed by atoms with E-state index < -0.39 is 16.1 Å². The van der Waals surface area contributed by atoms with Crippen LogP contribution in [0.3, 0.4) is 0 Å².